The third-order valence-electron chi connectivity index (χ3n) is 4.50. The van der Waals surface area contributed by atoms with Crippen LogP contribution in [0.3, 0.4) is 0 Å². The van der Waals surface area contributed by atoms with Crippen molar-refractivity contribution in [3.8, 4) is 11.4 Å². The van der Waals surface area contributed by atoms with E-state index in [4.69, 9.17) is 16.1 Å². The van der Waals surface area contributed by atoms with Crippen LogP contribution in [-0.4, -0.2) is 27.8 Å². The van der Waals surface area contributed by atoms with Gasteiger partial charge >= 0.3 is 0 Å². The number of halogens is 1. The molecule has 0 aliphatic heterocycles. The number of hydrogen-bond acceptors (Lipinski definition) is 5. The lowest BCUT2D eigenvalue weighted by atomic mass is 9.86. The number of carbonyl (C=O) groups excluding carboxylic acids is 1. The van der Waals surface area contributed by atoms with Crippen molar-refractivity contribution in [3.05, 3.63) is 35.2 Å². The van der Waals surface area contributed by atoms with E-state index in [-0.39, 0.29) is 5.91 Å². The second-order valence-electron chi connectivity index (χ2n) is 6.42. The van der Waals surface area contributed by atoms with E-state index in [0.717, 1.165) is 12.0 Å². The molecule has 134 valence electrons. The van der Waals surface area contributed by atoms with Gasteiger partial charge < -0.3 is 9.84 Å². The maximum Gasteiger partial charge on any atom is 0.236 e. The van der Waals surface area contributed by atoms with E-state index in [1.807, 2.05) is 18.2 Å². The molecule has 2 unspecified atom stereocenters. The van der Waals surface area contributed by atoms with Crippen LogP contribution in [0.4, 0.5) is 0 Å². The van der Waals surface area contributed by atoms with Gasteiger partial charge in [-0.2, -0.15) is 4.98 Å². The molecule has 1 heterocycles. The van der Waals surface area contributed by atoms with Gasteiger partial charge in [0.05, 0.1) is 16.5 Å². The SMILES string of the molecule is CC1CCCCC1NC(=O)CSCc1nc(-c2ccccc2Cl)no1. The van der Waals surface area contributed by atoms with E-state index < -0.39 is 0 Å². The van der Waals surface area contributed by atoms with E-state index in [1.54, 1.807) is 6.07 Å². The Hall–Kier alpha value is -1.53. The highest BCUT2D eigenvalue weighted by Crippen LogP contribution is 2.26. The molecule has 25 heavy (non-hydrogen) atoms. The molecule has 3 rings (SSSR count). The molecular weight excluding hydrogens is 358 g/mol. The van der Waals surface area contributed by atoms with E-state index in [2.05, 4.69) is 22.4 Å². The topological polar surface area (TPSA) is 68.0 Å². The van der Waals surface area contributed by atoms with Crippen molar-refractivity contribution >= 4 is 29.3 Å². The second kappa shape index (κ2) is 8.72. The van der Waals surface area contributed by atoms with Gasteiger partial charge in [-0.3, -0.25) is 4.79 Å². The Labute approximate surface area is 156 Å². The Morgan fingerprint density at radius 2 is 2.16 bits per heavy atom. The van der Waals surface area contributed by atoms with Crippen molar-refractivity contribution in [1.29, 1.82) is 0 Å². The zero-order valence-electron chi connectivity index (χ0n) is 14.2. The first kappa shape index (κ1) is 18.3. The van der Waals surface area contributed by atoms with Crippen LogP contribution in [0.5, 0.6) is 0 Å². The van der Waals surface area contributed by atoms with Crippen LogP contribution in [0, 0.1) is 5.92 Å². The highest BCUT2D eigenvalue weighted by molar-refractivity contribution is 7.99. The third-order valence-corrected chi connectivity index (χ3v) is 5.75. The summed E-state index contributed by atoms with van der Waals surface area (Å²) in [6, 6.07) is 7.69. The highest BCUT2D eigenvalue weighted by atomic mass is 35.5. The molecule has 1 aromatic carbocycles. The van der Waals surface area contributed by atoms with Crippen LogP contribution < -0.4 is 5.32 Å². The van der Waals surface area contributed by atoms with Gasteiger partial charge in [-0.05, 0) is 30.9 Å². The second-order valence-corrected chi connectivity index (χ2v) is 7.81. The molecule has 1 aliphatic carbocycles. The Kier molecular flexibility index (Phi) is 6.37. The summed E-state index contributed by atoms with van der Waals surface area (Å²) in [6.45, 7) is 2.21. The van der Waals surface area contributed by atoms with Crippen LogP contribution in [0.15, 0.2) is 28.8 Å². The lowest BCUT2D eigenvalue weighted by Crippen LogP contribution is -2.41. The summed E-state index contributed by atoms with van der Waals surface area (Å²) in [7, 11) is 0. The zero-order valence-corrected chi connectivity index (χ0v) is 15.8. The van der Waals surface area contributed by atoms with Crippen LogP contribution in [0.2, 0.25) is 5.02 Å². The van der Waals surface area contributed by atoms with E-state index in [0.29, 0.717) is 40.2 Å². The fourth-order valence-corrected chi connectivity index (χ4v) is 3.96. The predicted octanol–water partition coefficient (Wildman–Crippen LogP) is 4.32. The molecule has 0 saturated heterocycles. The van der Waals surface area contributed by atoms with Crippen LogP contribution in [0.25, 0.3) is 11.4 Å². The quantitative estimate of drug-likeness (QED) is 0.809. The van der Waals surface area contributed by atoms with Crippen molar-refractivity contribution in [1.82, 2.24) is 15.5 Å². The summed E-state index contributed by atoms with van der Waals surface area (Å²) in [5.74, 6) is 2.52. The predicted molar refractivity (Wildman–Crippen MR) is 100 cm³/mol. The Bertz CT molecular complexity index is 722. The van der Waals surface area contributed by atoms with Gasteiger partial charge in [0, 0.05) is 11.6 Å². The van der Waals surface area contributed by atoms with Gasteiger partial charge in [0.25, 0.3) is 0 Å². The minimum absolute atomic E-state index is 0.0783. The average molecular weight is 380 g/mol. The molecule has 1 fully saturated rings. The first-order valence-corrected chi connectivity index (χ1v) is 10.1. The van der Waals surface area contributed by atoms with Crippen LogP contribution >= 0.6 is 23.4 Å². The molecule has 1 saturated carbocycles. The smallest absolute Gasteiger partial charge is 0.236 e. The van der Waals surface area contributed by atoms with Gasteiger partial charge in [0.15, 0.2) is 0 Å². The largest absolute Gasteiger partial charge is 0.352 e. The lowest BCUT2D eigenvalue weighted by Gasteiger charge is -2.29. The molecule has 1 amide bonds. The molecule has 0 spiro atoms. The molecule has 0 radical (unpaired) electrons. The number of rotatable bonds is 6. The van der Waals surface area contributed by atoms with Crippen molar-refractivity contribution in [2.45, 2.75) is 44.4 Å². The first-order chi connectivity index (χ1) is 12.1. The van der Waals surface area contributed by atoms with Gasteiger partial charge in [-0.15, -0.1) is 11.8 Å². The van der Waals surface area contributed by atoms with E-state index in [1.165, 1.54) is 31.0 Å². The molecule has 7 heteroatoms. The highest BCUT2D eigenvalue weighted by Gasteiger charge is 2.22. The zero-order chi connectivity index (χ0) is 17.6. The van der Waals surface area contributed by atoms with Crippen molar-refractivity contribution in [2.75, 3.05) is 5.75 Å². The number of nitrogens with zero attached hydrogens (tertiary/aromatic N) is 2. The average Bonchev–Trinajstić information content (AvgIpc) is 3.06. The van der Waals surface area contributed by atoms with Crippen molar-refractivity contribution in [3.63, 3.8) is 0 Å². The summed E-state index contributed by atoms with van der Waals surface area (Å²) in [6.07, 6.45) is 4.76. The van der Waals surface area contributed by atoms with E-state index in [9.17, 15) is 4.79 Å². The number of aromatic nitrogens is 2. The Morgan fingerprint density at radius 1 is 1.36 bits per heavy atom. The molecule has 1 N–H and O–H groups in total. The minimum Gasteiger partial charge on any atom is -0.352 e. The standard InChI is InChI=1S/C18H22ClN3O2S/c1-12-6-2-5-9-15(12)20-16(23)10-25-11-17-21-18(22-24-17)13-7-3-4-8-14(13)19/h3-4,7-8,12,15H,2,5-6,9-11H2,1H3,(H,20,23). The molecule has 5 nitrogen and oxygen atoms in total. The van der Waals surface area contributed by atoms with Gasteiger partial charge in [-0.1, -0.05) is 48.7 Å². The van der Waals surface area contributed by atoms with Gasteiger partial charge in [-0.25, -0.2) is 0 Å². The number of benzene rings is 1. The Balaban J connectivity index is 1.46. The molecule has 1 aliphatic rings. The summed E-state index contributed by atoms with van der Waals surface area (Å²) in [5.41, 5.74) is 0.744. The molecule has 1 aromatic heterocycles. The number of amides is 1. The van der Waals surface area contributed by atoms with Crippen molar-refractivity contribution < 1.29 is 9.32 Å². The third kappa shape index (κ3) is 4.98. The Morgan fingerprint density at radius 3 is 2.96 bits per heavy atom. The van der Waals surface area contributed by atoms with Crippen LogP contribution in [-0.2, 0) is 10.5 Å². The molecule has 0 bridgehead atoms. The summed E-state index contributed by atoms with van der Waals surface area (Å²) in [4.78, 5) is 16.5. The lowest BCUT2D eigenvalue weighted by molar-refractivity contribution is -0.119. The maximum atomic E-state index is 12.1. The van der Waals surface area contributed by atoms with Gasteiger partial charge in [0.2, 0.25) is 17.6 Å². The minimum atomic E-state index is 0.0783. The summed E-state index contributed by atoms with van der Waals surface area (Å²) < 4.78 is 5.25. The monoisotopic (exact) mass is 379 g/mol. The summed E-state index contributed by atoms with van der Waals surface area (Å²) in [5, 5.41) is 7.70. The van der Waals surface area contributed by atoms with Crippen LogP contribution in [0.1, 0.15) is 38.5 Å². The fraction of sp³-hybridized carbons (Fsp3) is 0.500. The summed E-state index contributed by atoms with van der Waals surface area (Å²) >= 11 is 7.61. The number of nitrogens with one attached hydrogen (secondary N) is 1. The maximum absolute atomic E-state index is 12.1. The molecule has 2 aromatic rings. The molecule has 2 atom stereocenters. The van der Waals surface area contributed by atoms with Crippen molar-refractivity contribution in [2.24, 2.45) is 5.92 Å². The molecular formula is C18H22ClN3O2S. The van der Waals surface area contributed by atoms with E-state index >= 15 is 0 Å². The normalized spacial score (nSPS) is 20.4. The fourth-order valence-electron chi connectivity index (χ4n) is 3.08. The number of carbonyl (C=O) groups is 1. The number of thioether (sulfide) groups is 1. The number of hydrogen-bond donors (Lipinski definition) is 1. The van der Waals surface area contributed by atoms with Gasteiger partial charge in [0.1, 0.15) is 0 Å². The first-order valence-electron chi connectivity index (χ1n) is 8.58.